The lowest BCUT2D eigenvalue weighted by Crippen LogP contribution is -2.51. The molecule has 1 aromatic heterocycles. The molecule has 9 nitrogen and oxygen atoms in total. The Balaban J connectivity index is 1.40. The lowest BCUT2D eigenvalue weighted by Gasteiger charge is -2.39. The highest BCUT2D eigenvalue weighted by Crippen LogP contribution is 2.26. The van der Waals surface area contributed by atoms with E-state index < -0.39 is 0 Å². The molecule has 2 aliphatic rings. The molecule has 3 amide bonds. The second-order valence-corrected chi connectivity index (χ2v) is 9.84. The largest absolute Gasteiger partial charge is 0.354 e. The Hall–Kier alpha value is -3.17. The molecule has 0 aliphatic carbocycles. The maximum absolute atomic E-state index is 13.1. The van der Waals surface area contributed by atoms with E-state index in [9.17, 15) is 9.59 Å². The molecule has 2 N–H and O–H groups in total. The second-order valence-electron chi connectivity index (χ2n) is 9.84. The van der Waals surface area contributed by atoms with Gasteiger partial charge in [-0.1, -0.05) is 44.2 Å². The van der Waals surface area contributed by atoms with Crippen molar-refractivity contribution < 1.29 is 9.59 Å². The molecule has 188 valence electrons. The molecule has 0 spiro atoms. The fourth-order valence-corrected chi connectivity index (χ4v) is 4.52. The number of carbonyl (C=O) groups excluding carboxylic acids is 2. The fraction of sp³-hybridized carbons (Fsp3) is 0.500. The van der Waals surface area contributed by atoms with Gasteiger partial charge in [0.05, 0.1) is 18.6 Å². The van der Waals surface area contributed by atoms with Gasteiger partial charge in [0.1, 0.15) is 11.9 Å². The van der Waals surface area contributed by atoms with Crippen LogP contribution < -0.4 is 20.5 Å². The Bertz CT molecular complexity index is 989. The first-order valence-corrected chi connectivity index (χ1v) is 12.5. The van der Waals surface area contributed by atoms with E-state index >= 15 is 0 Å². The number of piperazine rings is 1. The van der Waals surface area contributed by atoms with Crippen molar-refractivity contribution in [2.45, 2.75) is 39.8 Å². The van der Waals surface area contributed by atoms with Crippen molar-refractivity contribution >= 4 is 23.4 Å². The Labute approximate surface area is 208 Å². The van der Waals surface area contributed by atoms with Crippen LogP contribution in [-0.2, 0) is 4.79 Å². The van der Waals surface area contributed by atoms with Crippen molar-refractivity contribution in [1.29, 1.82) is 0 Å². The molecule has 2 aliphatic heterocycles. The summed E-state index contributed by atoms with van der Waals surface area (Å²) in [4.78, 5) is 36.6. The predicted octanol–water partition coefficient (Wildman–Crippen LogP) is 2.83. The zero-order chi connectivity index (χ0) is 24.9. The van der Waals surface area contributed by atoms with Crippen molar-refractivity contribution in [1.82, 2.24) is 25.6 Å². The summed E-state index contributed by atoms with van der Waals surface area (Å²) in [5.41, 5.74) is 4.91. The zero-order valence-electron chi connectivity index (χ0n) is 21.1. The van der Waals surface area contributed by atoms with Crippen LogP contribution in [0, 0.1) is 5.92 Å². The minimum atomic E-state index is -0.301. The van der Waals surface area contributed by atoms with Crippen LogP contribution in [0.15, 0.2) is 48.7 Å². The average molecular weight is 480 g/mol. The maximum atomic E-state index is 13.1. The quantitative estimate of drug-likeness (QED) is 0.606. The topological polar surface area (TPSA) is 84.1 Å². The lowest BCUT2D eigenvalue weighted by molar-refractivity contribution is -0.127. The van der Waals surface area contributed by atoms with Crippen LogP contribution in [0.2, 0.25) is 0 Å². The fourth-order valence-electron chi connectivity index (χ4n) is 4.52. The average Bonchev–Trinajstić information content (AvgIpc) is 3.26. The number of aromatic nitrogens is 1. The first kappa shape index (κ1) is 24.9. The Kier molecular flexibility index (Phi) is 7.87. The molecule has 2 aromatic rings. The number of amides is 3. The van der Waals surface area contributed by atoms with Gasteiger partial charge in [0, 0.05) is 38.8 Å². The van der Waals surface area contributed by atoms with E-state index in [1.54, 1.807) is 16.1 Å². The molecule has 2 fully saturated rings. The van der Waals surface area contributed by atoms with Crippen LogP contribution >= 0.6 is 0 Å². The summed E-state index contributed by atoms with van der Waals surface area (Å²) in [7, 11) is 0. The molecular weight excluding hydrogens is 442 g/mol. The zero-order valence-corrected chi connectivity index (χ0v) is 21.1. The Morgan fingerprint density at radius 2 is 1.74 bits per heavy atom. The van der Waals surface area contributed by atoms with Gasteiger partial charge in [-0.25, -0.2) is 15.2 Å². The van der Waals surface area contributed by atoms with Crippen LogP contribution in [0.4, 0.5) is 16.3 Å². The molecule has 3 heterocycles. The normalized spacial score (nSPS) is 18.0. The van der Waals surface area contributed by atoms with E-state index in [4.69, 9.17) is 0 Å². The molecule has 2 saturated heterocycles. The number of hydrogen-bond donors (Lipinski definition) is 2. The third-order valence-electron chi connectivity index (χ3n) is 6.45. The summed E-state index contributed by atoms with van der Waals surface area (Å²) in [5.74, 6) is 1.34. The van der Waals surface area contributed by atoms with Gasteiger partial charge in [-0.2, -0.15) is 0 Å². The number of pyridine rings is 1. The third-order valence-corrected chi connectivity index (χ3v) is 6.45. The minimum absolute atomic E-state index is 0.0557. The number of rotatable bonds is 8. The van der Waals surface area contributed by atoms with Gasteiger partial charge in [-0.05, 0) is 37.5 Å². The molecule has 35 heavy (non-hydrogen) atoms. The van der Waals surface area contributed by atoms with E-state index in [0.717, 1.165) is 43.2 Å². The number of urea groups is 1. The van der Waals surface area contributed by atoms with E-state index in [-0.39, 0.29) is 24.0 Å². The van der Waals surface area contributed by atoms with Gasteiger partial charge < -0.3 is 10.2 Å². The van der Waals surface area contributed by atoms with Crippen molar-refractivity contribution in [3.63, 3.8) is 0 Å². The smallest absolute Gasteiger partial charge is 0.340 e. The Morgan fingerprint density at radius 1 is 1.03 bits per heavy atom. The summed E-state index contributed by atoms with van der Waals surface area (Å²) in [5, 5.41) is 4.75. The molecule has 0 radical (unpaired) electrons. The molecule has 0 saturated carbocycles. The summed E-state index contributed by atoms with van der Waals surface area (Å²) in [6.07, 6.45) is 1.76. The monoisotopic (exact) mass is 479 g/mol. The summed E-state index contributed by atoms with van der Waals surface area (Å²) >= 11 is 0. The summed E-state index contributed by atoms with van der Waals surface area (Å²) in [6, 6.07) is 13.7. The molecule has 1 aromatic carbocycles. The van der Waals surface area contributed by atoms with Crippen molar-refractivity contribution in [2.75, 3.05) is 49.2 Å². The van der Waals surface area contributed by atoms with Gasteiger partial charge in [0.25, 0.3) is 0 Å². The highest BCUT2D eigenvalue weighted by molar-refractivity contribution is 5.93. The van der Waals surface area contributed by atoms with E-state index in [0.29, 0.717) is 19.1 Å². The number of hydrazine groups is 1. The van der Waals surface area contributed by atoms with E-state index in [1.165, 1.54) is 0 Å². The maximum Gasteiger partial charge on any atom is 0.340 e. The minimum Gasteiger partial charge on any atom is -0.354 e. The molecule has 0 bridgehead atoms. The molecule has 1 unspecified atom stereocenters. The number of nitrogens with one attached hydrogen (secondary N) is 2. The first-order chi connectivity index (χ1) is 16.8. The molecule has 1 atom stereocenters. The van der Waals surface area contributed by atoms with E-state index in [2.05, 4.69) is 39.4 Å². The SMILES string of the molecule is CC(C)CNC(=O)C(c1ccccc1)N1CCN(c2ccc(N3CNN(C(C)C)C3=O)cn2)CC1. The van der Waals surface area contributed by atoms with Crippen LogP contribution in [0.5, 0.6) is 0 Å². The molecule has 4 rings (SSSR count). The van der Waals surface area contributed by atoms with Crippen molar-refractivity contribution in [3.8, 4) is 0 Å². The number of hydrogen-bond acceptors (Lipinski definition) is 6. The van der Waals surface area contributed by atoms with E-state index in [1.807, 2.05) is 56.3 Å². The highest BCUT2D eigenvalue weighted by Gasteiger charge is 2.32. The van der Waals surface area contributed by atoms with Crippen LogP contribution in [0.25, 0.3) is 0 Å². The standard InChI is InChI=1S/C26H37N7O2/c1-19(2)16-28-25(34)24(21-8-6-5-7-9-21)31-14-12-30(13-15-31)23-11-10-22(17-27-23)32-18-29-33(20(3)4)26(32)35/h5-11,17,19-20,24,29H,12-16,18H2,1-4H3,(H,28,34). The van der Waals surface area contributed by atoms with Gasteiger partial charge >= 0.3 is 6.03 Å². The predicted molar refractivity (Wildman–Crippen MR) is 138 cm³/mol. The second kappa shape index (κ2) is 11.0. The summed E-state index contributed by atoms with van der Waals surface area (Å²) in [6.45, 7) is 12.3. The van der Waals surface area contributed by atoms with Crippen molar-refractivity contribution in [3.05, 3.63) is 54.2 Å². The highest BCUT2D eigenvalue weighted by atomic mass is 16.2. The van der Waals surface area contributed by atoms with Gasteiger partial charge in [-0.15, -0.1) is 0 Å². The third kappa shape index (κ3) is 5.74. The van der Waals surface area contributed by atoms with Gasteiger partial charge in [0.2, 0.25) is 5.91 Å². The van der Waals surface area contributed by atoms with Crippen molar-refractivity contribution in [2.24, 2.45) is 5.92 Å². The Morgan fingerprint density at radius 3 is 2.31 bits per heavy atom. The number of anilines is 2. The van der Waals surface area contributed by atoms with Crippen LogP contribution in [0.1, 0.15) is 39.3 Å². The van der Waals surface area contributed by atoms with Gasteiger partial charge in [0.15, 0.2) is 0 Å². The molecular formula is C26H37N7O2. The van der Waals surface area contributed by atoms with Crippen LogP contribution in [-0.4, -0.2) is 72.3 Å². The van der Waals surface area contributed by atoms with Gasteiger partial charge in [-0.3, -0.25) is 19.6 Å². The lowest BCUT2D eigenvalue weighted by atomic mass is 10.0. The van der Waals surface area contributed by atoms with Crippen LogP contribution in [0.3, 0.4) is 0 Å². The number of carbonyl (C=O) groups is 2. The summed E-state index contributed by atoms with van der Waals surface area (Å²) < 4.78 is 0. The number of nitrogens with zero attached hydrogens (tertiary/aromatic N) is 5. The number of benzene rings is 1. The first-order valence-electron chi connectivity index (χ1n) is 12.5. The molecule has 9 heteroatoms.